The molecule has 0 spiro atoms. The molecule has 1 aliphatic rings. The predicted octanol–water partition coefficient (Wildman–Crippen LogP) is 4.93. The number of aromatic nitrogens is 1. The molecular formula is C24H21F6N3O4S. The van der Waals surface area contributed by atoms with Crippen LogP contribution in [0, 0.1) is 6.92 Å². The first kappa shape index (κ1) is 27.6. The number of benzene rings is 2. The molecule has 0 unspecified atom stereocenters. The van der Waals surface area contributed by atoms with Crippen molar-refractivity contribution in [2.75, 3.05) is 11.5 Å². The number of sulfonamides is 1. The number of carbonyl (C=O) groups is 1. The molecule has 14 heteroatoms. The number of anilines is 1. The van der Waals surface area contributed by atoms with Gasteiger partial charge in [-0.2, -0.15) is 26.3 Å². The molecule has 0 bridgehead atoms. The van der Waals surface area contributed by atoms with Crippen molar-refractivity contribution in [1.29, 1.82) is 0 Å². The van der Waals surface area contributed by atoms with E-state index in [0.717, 1.165) is 0 Å². The van der Waals surface area contributed by atoms with Gasteiger partial charge in [0, 0.05) is 23.7 Å². The number of amides is 1. The van der Waals surface area contributed by atoms with E-state index in [0.29, 0.717) is 16.8 Å². The minimum Gasteiger partial charge on any atom is -0.481 e. The SMILES string of the molecule is Cc1cc(CS(N)(=O)=O)ccc1N1Cc2c(c(OCC(F)(F)F)c3ncccc3c2CCC(F)(F)F)C1=O. The molecule has 1 aromatic heterocycles. The average Bonchev–Trinajstić information content (AvgIpc) is 3.10. The standard InChI is InChI=1S/C24H21F6N3O4S/c1-13-9-14(11-38(31,35)36)4-5-18(13)33-10-17-15(6-7-23(25,26)27)16-3-2-8-32-20(16)21(19(17)22(33)34)37-12-24(28,29)30/h2-5,8-9H,6-7,10-12H2,1H3,(H2,31,35,36). The normalized spacial score (nSPS) is 14.3. The smallest absolute Gasteiger partial charge is 0.422 e. The lowest BCUT2D eigenvalue weighted by atomic mass is 9.93. The zero-order valence-corrected chi connectivity index (χ0v) is 20.6. The van der Waals surface area contributed by atoms with Crippen LogP contribution in [-0.2, 0) is 28.7 Å². The van der Waals surface area contributed by atoms with Gasteiger partial charge in [-0.1, -0.05) is 18.2 Å². The monoisotopic (exact) mass is 561 g/mol. The molecule has 204 valence electrons. The summed E-state index contributed by atoms with van der Waals surface area (Å²) in [5.74, 6) is -1.70. The van der Waals surface area contributed by atoms with Crippen molar-refractivity contribution < 1.29 is 44.3 Å². The molecule has 2 aromatic carbocycles. The second-order valence-corrected chi connectivity index (χ2v) is 10.5. The van der Waals surface area contributed by atoms with Crippen molar-refractivity contribution in [1.82, 2.24) is 4.98 Å². The van der Waals surface area contributed by atoms with Gasteiger partial charge in [0.2, 0.25) is 10.0 Å². The summed E-state index contributed by atoms with van der Waals surface area (Å²) in [5.41, 5.74) is 0.903. The Bertz CT molecular complexity index is 1520. The van der Waals surface area contributed by atoms with Crippen LogP contribution in [0.25, 0.3) is 10.9 Å². The van der Waals surface area contributed by atoms with Crippen LogP contribution in [0.5, 0.6) is 5.75 Å². The van der Waals surface area contributed by atoms with Crippen LogP contribution in [0.3, 0.4) is 0 Å². The van der Waals surface area contributed by atoms with Crippen LogP contribution in [-0.4, -0.2) is 38.3 Å². The van der Waals surface area contributed by atoms with Crippen LogP contribution >= 0.6 is 0 Å². The summed E-state index contributed by atoms with van der Waals surface area (Å²) in [6.45, 7) is -0.382. The maximum Gasteiger partial charge on any atom is 0.422 e. The highest BCUT2D eigenvalue weighted by molar-refractivity contribution is 7.88. The Balaban J connectivity index is 1.86. The zero-order valence-electron chi connectivity index (χ0n) is 19.8. The fourth-order valence-corrected chi connectivity index (χ4v) is 5.19. The lowest BCUT2D eigenvalue weighted by molar-refractivity contribution is -0.153. The minimum atomic E-state index is -4.75. The van der Waals surface area contributed by atoms with E-state index in [9.17, 15) is 39.6 Å². The topological polar surface area (TPSA) is 103 Å². The van der Waals surface area contributed by atoms with Crippen molar-refractivity contribution in [2.45, 2.75) is 44.4 Å². The van der Waals surface area contributed by atoms with Gasteiger partial charge in [-0.25, -0.2) is 13.6 Å². The Morgan fingerprint density at radius 3 is 2.42 bits per heavy atom. The maximum atomic E-state index is 13.6. The van der Waals surface area contributed by atoms with E-state index in [1.807, 2.05) is 0 Å². The van der Waals surface area contributed by atoms with Gasteiger partial charge >= 0.3 is 12.4 Å². The Hall–Kier alpha value is -3.39. The molecule has 1 amide bonds. The summed E-state index contributed by atoms with van der Waals surface area (Å²) in [7, 11) is -3.84. The molecule has 2 heterocycles. The van der Waals surface area contributed by atoms with Gasteiger partial charge in [-0.05, 0) is 47.7 Å². The molecule has 3 aromatic rings. The largest absolute Gasteiger partial charge is 0.481 e. The number of rotatable bonds is 7. The van der Waals surface area contributed by atoms with Crippen LogP contribution in [0.15, 0.2) is 36.5 Å². The van der Waals surface area contributed by atoms with Gasteiger partial charge in [0.15, 0.2) is 12.4 Å². The van der Waals surface area contributed by atoms with E-state index >= 15 is 0 Å². The van der Waals surface area contributed by atoms with Crippen molar-refractivity contribution in [3.63, 3.8) is 0 Å². The first-order chi connectivity index (χ1) is 17.5. The van der Waals surface area contributed by atoms with Gasteiger partial charge < -0.3 is 9.64 Å². The molecule has 7 nitrogen and oxygen atoms in total. The molecule has 0 atom stereocenters. The van der Waals surface area contributed by atoms with E-state index in [2.05, 4.69) is 4.98 Å². The van der Waals surface area contributed by atoms with Crippen molar-refractivity contribution >= 4 is 32.5 Å². The van der Waals surface area contributed by atoms with Crippen LogP contribution in [0.4, 0.5) is 32.0 Å². The van der Waals surface area contributed by atoms with Crippen molar-refractivity contribution in [3.05, 3.63) is 64.3 Å². The average molecular weight is 562 g/mol. The van der Waals surface area contributed by atoms with Crippen LogP contribution in [0.1, 0.15) is 39.0 Å². The molecule has 38 heavy (non-hydrogen) atoms. The molecule has 0 saturated carbocycles. The predicted molar refractivity (Wildman–Crippen MR) is 126 cm³/mol. The summed E-state index contributed by atoms with van der Waals surface area (Å²) in [4.78, 5) is 18.9. The summed E-state index contributed by atoms with van der Waals surface area (Å²) < 4.78 is 107. The molecule has 4 rings (SSSR count). The third-order valence-electron chi connectivity index (χ3n) is 5.97. The van der Waals surface area contributed by atoms with Crippen molar-refractivity contribution in [2.24, 2.45) is 5.14 Å². The van der Waals surface area contributed by atoms with E-state index in [-0.39, 0.29) is 34.1 Å². The lowest BCUT2D eigenvalue weighted by Gasteiger charge is -2.19. The number of primary sulfonamides is 1. The van der Waals surface area contributed by atoms with E-state index in [1.165, 1.54) is 41.4 Å². The van der Waals surface area contributed by atoms with Gasteiger partial charge in [0.1, 0.15) is 5.52 Å². The highest BCUT2D eigenvalue weighted by atomic mass is 32.2. The summed E-state index contributed by atoms with van der Waals surface area (Å²) in [6.07, 6.45) is -9.78. The number of halogens is 6. The molecular weight excluding hydrogens is 540 g/mol. The number of hydrogen-bond donors (Lipinski definition) is 1. The number of pyridine rings is 1. The minimum absolute atomic E-state index is 0.116. The molecule has 2 N–H and O–H groups in total. The van der Waals surface area contributed by atoms with Gasteiger partial charge in [0.05, 0.1) is 17.9 Å². The number of hydrogen-bond acceptors (Lipinski definition) is 5. The summed E-state index contributed by atoms with van der Waals surface area (Å²) >= 11 is 0. The first-order valence-corrected chi connectivity index (χ1v) is 12.9. The highest BCUT2D eigenvalue weighted by Gasteiger charge is 2.39. The van der Waals surface area contributed by atoms with E-state index in [1.54, 1.807) is 6.92 Å². The summed E-state index contributed by atoms with van der Waals surface area (Å²) in [5, 5.41) is 5.24. The zero-order chi connectivity index (χ0) is 28.0. The number of ether oxygens (including phenoxy) is 1. The van der Waals surface area contributed by atoms with E-state index < -0.39 is 59.2 Å². The number of nitrogens with two attached hydrogens (primary N) is 1. The Morgan fingerprint density at radius 2 is 1.82 bits per heavy atom. The van der Waals surface area contributed by atoms with Crippen LogP contribution < -0.4 is 14.8 Å². The number of nitrogens with zero attached hydrogens (tertiary/aromatic N) is 2. The second kappa shape index (κ2) is 9.73. The van der Waals surface area contributed by atoms with Crippen molar-refractivity contribution in [3.8, 4) is 5.75 Å². The Kier molecular flexibility index (Phi) is 7.08. The highest BCUT2D eigenvalue weighted by Crippen LogP contribution is 2.43. The Morgan fingerprint density at radius 1 is 1.11 bits per heavy atom. The number of alkyl halides is 6. The molecule has 0 radical (unpaired) electrons. The third kappa shape index (κ3) is 6.01. The third-order valence-corrected chi connectivity index (χ3v) is 6.71. The summed E-state index contributed by atoms with van der Waals surface area (Å²) in [6, 6.07) is 7.22. The number of aryl methyl sites for hydroxylation is 2. The number of carbonyl (C=O) groups excluding carboxylic acids is 1. The quantitative estimate of drug-likeness (QED) is 0.413. The molecule has 0 fully saturated rings. The van der Waals surface area contributed by atoms with E-state index in [4.69, 9.17) is 9.88 Å². The molecule has 1 aliphatic heterocycles. The fraction of sp³-hybridized carbons (Fsp3) is 0.333. The first-order valence-electron chi connectivity index (χ1n) is 11.1. The lowest BCUT2D eigenvalue weighted by Crippen LogP contribution is -2.25. The fourth-order valence-electron chi connectivity index (χ4n) is 4.55. The molecule has 0 saturated heterocycles. The van der Waals surface area contributed by atoms with Gasteiger partial charge in [-0.3, -0.25) is 9.78 Å². The second-order valence-electron chi connectivity index (χ2n) is 8.90. The van der Waals surface area contributed by atoms with Crippen LogP contribution in [0.2, 0.25) is 0 Å². The molecule has 0 aliphatic carbocycles. The van der Waals surface area contributed by atoms with Gasteiger partial charge in [-0.15, -0.1) is 0 Å². The number of fused-ring (bicyclic) bond motifs is 2. The van der Waals surface area contributed by atoms with Gasteiger partial charge in [0.25, 0.3) is 5.91 Å². The maximum absolute atomic E-state index is 13.6. The Labute approximate surface area is 213 Å².